The Hall–Kier alpha value is -4.71. The lowest BCUT2D eigenvalue weighted by molar-refractivity contribution is -0.167. The van der Waals surface area contributed by atoms with Crippen molar-refractivity contribution in [3.8, 4) is 0 Å². The van der Waals surface area contributed by atoms with E-state index < -0.39 is 6.10 Å². The minimum atomic E-state index is -0.800. The standard InChI is InChI=1S/C69H110O6/c1-4-7-10-13-15-17-19-21-23-25-27-29-31-33-34-36-37-39-41-43-45-47-49-51-53-56-59-62-68(71)74-65-66(64-73-67(70)61-58-55-12-9-6-3)75-69(72)63-60-57-54-52-50-48-46-44-42-40-38-35-32-30-28-26-24-22-20-18-16-14-11-8-5-2/h7-8,10-11,15-18,21-24,27-30,33-34,37,39,43,45,49,51,66H,4-6,9,12-14,19-20,25-26,31-32,35-36,38,40-42,44,46-48,50,52-65H2,1-3H3/b10-7-,11-8-,17-15-,18-16-,23-21-,24-22-,29-27-,30-28-,34-33-,39-37-,45-43-,51-49-. The zero-order chi connectivity index (χ0) is 54.3. The first kappa shape index (κ1) is 70.3. The second kappa shape index (κ2) is 61.8. The minimum Gasteiger partial charge on any atom is -0.462 e. The van der Waals surface area contributed by atoms with E-state index in [1.165, 1.54) is 64.2 Å². The SMILES string of the molecule is CC/C=C\C/C=C\C/C=C\C/C=C\C/C=C\C/C=C\C/C=C\C/C=C\CCCCC(=O)OCC(COC(=O)CCCCCCC)OC(=O)CCCCCCCCCCCCCC/C=C\C/C=C\C/C=C\C/C=C\CC. The zero-order valence-corrected chi connectivity index (χ0v) is 48.3. The summed E-state index contributed by atoms with van der Waals surface area (Å²) < 4.78 is 16.7. The fourth-order valence-electron chi connectivity index (χ4n) is 7.86. The number of carbonyl (C=O) groups is 3. The van der Waals surface area contributed by atoms with Crippen LogP contribution >= 0.6 is 0 Å². The maximum absolute atomic E-state index is 12.8. The van der Waals surface area contributed by atoms with Crippen LogP contribution in [0, 0.1) is 0 Å². The summed E-state index contributed by atoms with van der Waals surface area (Å²) in [5, 5.41) is 0. The molecular weight excluding hydrogens is 925 g/mol. The van der Waals surface area contributed by atoms with Crippen LogP contribution in [0.2, 0.25) is 0 Å². The molecule has 6 nitrogen and oxygen atoms in total. The van der Waals surface area contributed by atoms with E-state index in [0.29, 0.717) is 25.7 Å². The summed E-state index contributed by atoms with van der Waals surface area (Å²) in [6.45, 7) is 6.28. The van der Waals surface area contributed by atoms with Crippen molar-refractivity contribution in [1.82, 2.24) is 0 Å². The van der Waals surface area contributed by atoms with E-state index in [-0.39, 0.29) is 31.1 Å². The summed E-state index contributed by atoms with van der Waals surface area (Å²) in [5.41, 5.74) is 0. The molecule has 0 aromatic heterocycles. The van der Waals surface area contributed by atoms with Crippen molar-refractivity contribution in [2.75, 3.05) is 13.2 Å². The summed E-state index contributed by atoms with van der Waals surface area (Å²) in [6, 6.07) is 0. The molecule has 0 rings (SSSR count). The predicted octanol–water partition coefficient (Wildman–Crippen LogP) is 20.8. The Morgan fingerprint density at radius 2 is 0.520 bits per heavy atom. The van der Waals surface area contributed by atoms with Gasteiger partial charge < -0.3 is 14.2 Å². The number of hydrogen-bond acceptors (Lipinski definition) is 6. The molecule has 0 saturated heterocycles. The van der Waals surface area contributed by atoms with Gasteiger partial charge >= 0.3 is 17.9 Å². The van der Waals surface area contributed by atoms with Gasteiger partial charge in [-0.25, -0.2) is 0 Å². The molecule has 1 atom stereocenters. The van der Waals surface area contributed by atoms with E-state index in [0.717, 1.165) is 141 Å². The molecule has 0 spiro atoms. The Morgan fingerprint density at radius 1 is 0.280 bits per heavy atom. The van der Waals surface area contributed by atoms with Crippen molar-refractivity contribution in [2.24, 2.45) is 0 Å². The van der Waals surface area contributed by atoms with Crippen molar-refractivity contribution in [2.45, 2.75) is 258 Å². The van der Waals surface area contributed by atoms with Gasteiger partial charge in [0.25, 0.3) is 0 Å². The van der Waals surface area contributed by atoms with Crippen LogP contribution in [-0.4, -0.2) is 37.2 Å². The lowest BCUT2D eigenvalue weighted by Gasteiger charge is -2.18. The molecule has 0 N–H and O–H groups in total. The third-order valence-corrected chi connectivity index (χ3v) is 12.3. The van der Waals surface area contributed by atoms with Gasteiger partial charge in [-0.15, -0.1) is 0 Å². The highest BCUT2D eigenvalue weighted by atomic mass is 16.6. The van der Waals surface area contributed by atoms with Gasteiger partial charge in [-0.05, 0) is 122 Å². The summed E-state index contributed by atoms with van der Waals surface area (Å²) >= 11 is 0. The zero-order valence-electron chi connectivity index (χ0n) is 48.3. The third-order valence-electron chi connectivity index (χ3n) is 12.3. The van der Waals surface area contributed by atoms with Crippen LogP contribution in [0.15, 0.2) is 146 Å². The number of allylic oxidation sites excluding steroid dienone is 24. The lowest BCUT2D eigenvalue weighted by Crippen LogP contribution is -2.30. The molecule has 0 saturated carbocycles. The molecule has 0 aliphatic rings. The summed E-state index contributed by atoms with van der Waals surface area (Å²) in [7, 11) is 0. The largest absolute Gasteiger partial charge is 0.462 e. The van der Waals surface area contributed by atoms with Gasteiger partial charge in [-0.1, -0.05) is 256 Å². The van der Waals surface area contributed by atoms with Gasteiger partial charge in [-0.3, -0.25) is 14.4 Å². The first-order chi connectivity index (χ1) is 37.0. The van der Waals surface area contributed by atoms with E-state index in [4.69, 9.17) is 14.2 Å². The number of ether oxygens (including phenoxy) is 3. The maximum atomic E-state index is 12.8. The molecule has 6 heteroatoms. The highest BCUT2D eigenvalue weighted by Crippen LogP contribution is 2.15. The van der Waals surface area contributed by atoms with Crippen molar-refractivity contribution in [3.63, 3.8) is 0 Å². The van der Waals surface area contributed by atoms with Gasteiger partial charge in [0.1, 0.15) is 13.2 Å². The fraction of sp³-hybridized carbons (Fsp3) is 0.609. The molecule has 1 unspecified atom stereocenters. The van der Waals surface area contributed by atoms with Crippen LogP contribution in [0.4, 0.5) is 0 Å². The summed E-state index contributed by atoms with van der Waals surface area (Å²) in [6.07, 6.45) is 88.9. The number of carbonyl (C=O) groups excluding carboxylic acids is 3. The Bertz CT molecular complexity index is 1660. The first-order valence-electron chi connectivity index (χ1n) is 30.3. The molecule has 0 bridgehead atoms. The van der Waals surface area contributed by atoms with E-state index >= 15 is 0 Å². The van der Waals surface area contributed by atoms with E-state index in [9.17, 15) is 14.4 Å². The molecule has 0 heterocycles. The highest BCUT2D eigenvalue weighted by Gasteiger charge is 2.19. The quantitative estimate of drug-likeness (QED) is 0.0261. The van der Waals surface area contributed by atoms with Crippen LogP contribution in [0.3, 0.4) is 0 Å². The van der Waals surface area contributed by atoms with Gasteiger partial charge in [0.2, 0.25) is 0 Å². The number of hydrogen-bond donors (Lipinski definition) is 0. The van der Waals surface area contributed by atoms with Gasteiger partial charge in [0.15, 0.2) is 6.10 Å². The Morgan fingerprint density at radius 3 is 0.840 bits per heavy atom. The van der Waals surface area contributed by atoms with Crippen LogP contribution in [0.25, 0.3) is 0 Å². The van der Waals surface area contributed by atoms with Crippen molar-refractivity contribution in [1.29, 1.82) is 0 Å². The number of rotatable bonds is 53. The van der Waals surface area contributed by atoms with E-state index in [1.54, 1.807) is 0 Å². The summed E-state index contributed by atoms with van der Waals surface area (Å²) in [5.74, 6) is -0.964. The topological polar surface area (TPSA) is 78.9 Å². The molecule has 0 fully saturated rings. The third kappa shape index (κ3) is 60.0. The molecule has 0 aliphatic carbocycles. The molecular formula is C69H110O6. The van der Waals surface area contributed by atoms with E-state index in [2.05, 4.69) is 167 Å². The lowest BCUT2D eigenvalue weighted by atomic mass is 10.0. The van der Waals surface area contributed by atoms with Crippen LogP contribution in [0.1, 0.15) is 252 Å². The smallest absolute Gasteiger partial charge is 0.306 e. The average molecular weight is 1040 g/mol. The fourth-order valence-corrected chi connectivity index (χ4v) is 7.86. The molecule has 422 valence electrons. The van der Waals surface area contributed by atoms with Gasteiger partial charge in [-0.2, -0.15) is 0 Å². The van der Waals surface area contributed by atoms with E-state index in [1.807, 2.05) is 0 Å². The van der Waals surface area contributed by atoms with Crippen molar-refractivity contribution < 1.29 is 28.6 Å². The molecule has 0 aliphatic heterocycles. The molecule has 75 heavy (non-hydrogen) atoms. The highest BCUT2D eigenvalue weighted by molar-refractivity contribution is 5.71. The Balaban J connectivity index is 4.19. The van der Waals surface area contributed by atoms with Crippen LogP contribution < -0.4 is 0 Å². The second-order valence-electron chi connectivity index (χ2n) is 19.5. The van der Waals surface area contributed by atoms with Crippen molar-refractivity contribution in [3.05, 3.63) is 146 Å². The Labute approximate surface area is 461 Å². The predicted molar refractivity (Wildman–Crippen MR) is 325 cm³/mol. The number of unbranched alkanes of at least 4 members (excludes halogenated alkanes) is 18. The Kier molecular flexibility index (Phi) is 58.0. The first-order valence-corrected chi connectivity index (χ1v) is 30.3. The monoisotopic (exact) mass is 1030 g/mol. The normalized spacial score (nSPS) is 13.2. The minimum absolute atomic E-state index is 0.0977. The van der Waals surface area contributed by atoms with Crippen molar-refractivity contribution >= 4 is 17.9 Å². The molecule has 0 radical (unpaired) electrons. The average Bonchev–Trinajstić information content (AvgIpc) is 3.41. The molecule has 0 aromatic rings. The van der Waals surface area contributed by atoms with Gasteiger partial charge in [0, 0.05) is 19.3 Å². The van der Waals surface area contributed by atoms with Gasteiger partial charge in [0.05, 0.1) is 0 Å². The molecule has 0 aromatic carbocycles. The maximum Gasteiger partial charge on any atom is 0.306 e. The number of esters is 3. The van der Waals surface area contributed by atoms with Crippen LogP contribution in [0.5, 0.6) is 0 Å². The molecule has 0 amide bonds. The summed E-state index contributed by atoms with van der Waals surface area (Å²) in [4.78, 5) is 37.9. The second-order valence-corrected chi connectivity index (χ2v) is 19.5. The van der Waals surface area contributed by atoms with Crippen LogP contribution in [-0.2, 0) is 28.6 Å².